The van der Waals surface area contributed by atoms with Gasteiger partial charge >= 0.3 is 0 Å². The fourth-order valence-electron chi connectivity index (χ4n) is 2.53. The molecule has 1 aliphatic carbocycles. The van der Waals surface area contributed by atoms with Crippen molar-refractivity contribution in [1.29, 1.82) is 5.26 Å². The minimum atomic E-state index is 0.434. The van der Waals surface area contributed by atoms with Gasteiger partial charge in [-0.25, -0.2) is 0 Å². The van der Waals surface area contributed by atoms with Crippen LogP contribution in [0.3, 0.4) is 0 Å². The van der Waals surface area contributed by atoms with E-state index in [1.165, 1.54) is 31.2 Å². The van der Waals surface area contributed by atoms with Gasteiger partial charge in [0, 0.05) is 5.56 Å². The number of ether oxygens (including phenoxy) is 1. The number of benzene rings is 1. The Morgan fingerprint density at radius 1 is 1.38 bits per heavy atom. The molecule has 0 heterocycles. The second-order valence-electron chi connectivity index (χ2n) is 4.39. The van der Waals surface area contributed by atoms with Crippen LogP contribution in [0.15, 0.2) is 18.2 Å². The number of nitriles is 1. The van der Waals surface area contributed by atoms with E-state index < -0.39 is 0 Å². The van der Waals surface area contributed by atoms with E-state index >= 15 is 0 Å². The van der Waals surface area contributed by atoms with Crippen LogP contribution in [0.2, 0.25) is 0 Å². The first-order chi connectivity index (χ1) is 7.85. The van der Waals surface area contributed by atoms with Gasteiger partial charge in [-0.15, -0.1) is 0 Å². The summed E-state index contributed by atoms with van der Waals surface area (Å²) in [6.45, 7) is 0. The van der Waals surface area contributed by atoms with Gasteiger partial charge in [-0.2, -0.15) is 5.26 Å². The number of hydrogen-bond acceptors (Lipinski definition) is 2. The molecule has 1 aliphatic rings. The fourth-order valence-corrected chi connectivity index (χ4v) is 2.53. The predicted molar refractivity (Wildman–Crippen MR) is 63.5 cm³/mol. The van der Waals surface area contributed by atoms with Crippen molar-refractivity contribution in [3.05, 3.63) is 29.3 Å². The smallest absolute Gasteiger partial charge is 0.123 e. The summed E-state index contributed by atoms with van der Waals surface area (Å²) < 4.78 is 5.26. The fraction of sp³-hybridized carbons (Fsp3) is 0.500. The number of nitrogens with zero attached hydrogens (tertiary/aromatic N) is 1. The Morgan fingerprint density at radius 2 is 2.12 bits per heavy atom. The number of rotatable bonds is 3. The first kappa shape index (κ1) is 11.0. The summed E-state index contributed by atoms with van der Waals surface area (Å²) in [4.78, 5) is 0. The van der Waals surface area contributed by atoms with E-state index in [9.17, 15) is 0 Å². The monoisotopic (exact) mass is 215 g/mol. The molecule has 0 spiro atoms. The maximum absolute atomic E-state index is 8.79. The average Bonchev–Trinajstić information content (AvgIpc) is 2.83. The average molecular weight is 215 g/mol. The highest BCUT2D eigenvalue weighted by molar-refractivity contribution is 5.40. The van der Waals surface area contributed by atoms with Crippen LogP contribution >= 0.6 is 0 Å². The largest absolute Gasteiger partial charge is 0.496 e. The van der Waals surface area contributed by atoms with Crippen LogP contribution in [0.5, 0.6) is 5.75 Å². The quantitative estimate of drug-likeness (QED) is 0.774. The molecule has 1 aromatic rings. The van der Waals surface area contributed by atoms with Crippen molar-refractivity contribution in [2.24, 2.45) is 0 Å². The molecule has 0 atom stereocenters. The van der Waals surface area contributed by atoms with E-state index in [2.05, 4.69) is 18.2 Å². The van der Waals surface area contributed by atoms with Gasteiger partial charge < -0.3 is 4.74 Å². The third kappa shape index (κ3) is 2.19. The molecule has 16 heavy (non-hydrogen) atoms. The maximum atomic E-state index is 8.79. The van der Waals surface area contributed by atoms with Crippen molar-refractivity contribution in [1.82, 2.24) is 0 Å². The van der Waals surface area contributed by atoms with Crippen LogP contribution in [-0.4, -0.2) is 7.11 Å². The molecular formula is C14H17NO. The zero-order valence-electron chi connectivity index (χ0n) is 9.70. The highest BCUT2D eigenvalue weighted by Gasteiger charge is 2.18. The lowest BCUT2D eigenvalue weighted by molar-refractivity contribution is 0.410. The van der Waals surface area contributed by atoms with Crippen molar-refractivity contribution in [2.75, 3.05) is 7.11 Å². The Kier molecular flexibility index (Phi) is 3.46. The molecule has 1 saturated carbocycles. The molecule has 0 radical (unpaired) electrons. The molecule has 2 rings (SSSR count). The molecule has 0 aliphatic heterocycles. The van der Waals surface area contributed by atoms with Gasteiger partial charge in [-0.05, 0) is 30.4 Å². The standard InChI is InChI=1S/C14H17NO/c1-16-14-7-6-12(10-13(14)8-9-15)11-4-2-3-5-11/h6-7,10-11H,2-5,8H2,1H3. The summed E-state index contributed by atoms with van der Waals surface area (Å²) in [7, 11) is 1.66. The van der Waals surface area contributed by atoms with Gasteiger partial charge in [0.1, 0.15) is 5.75 Å². The van der Waals surface area contributed by atoms with Gasteiger partial charge in [-0.1, -0.05) is 25.0 Å². The Hall–Kier alpha value is -1.49. The predicted octanol–water partition coefficient (Wildman–Crippen LogP) is 3.42. The zero-order chi connectivity index (χ0) is 11.4. The lowest BCUT2D eigenvalue weighted by atomic mass is 9.95. The number of methoxy groups -OCH3 is 1. The summed E-state index contributed by atoms with van der Waals surface area (Å²) >= 11 is 0. The summed E-state index contributed by atoms with van der Waals surface area (Å²) in [5.41, 5.74) is 2.40. The van der Waals surface area contributed by atoms with E-state index in [0.717, 1.165) is 11.3 Å². The van der Waals surface area contributed by atoms with Crippen LogP contribution < -0.4 is 4.74 Å². The van der Waals surface area contributed by atoms with Gasteiger partial charge in [0.25, 0.3) is 0 Å². The Balaban J connectivity index is 2.27. The summed E-state index contributed by atoms with van der Waals surface area (Å²) in [5, 5.41) is 8.79. The van der Waals surface area contributed by atoms with E-state index in [4.69, 9.17) is 10.00 Å². The normalized spacial score (nSPS) is 16.0. The minimum absolute atomic E-state index is 0.434. The van der Waals surface area contributed by atoms with Gasteiger partial charge in [-0.3, -0.25) is 0 Å². The van der Waals surface area contributed by atoms with Crippen molar-refractivity contribution in [2.45, 2.75) is 38.0 Å². The molecule has 0 aromatic heterocycles. The van der Waals surface area contributed by atoms with Crippen LogP contribution in [0.4, 0.5) is 0 Å². The molecule has 84 valence electrons. The second kappa shape index (κ2) is 5.03. The Labute approximate surface area is 96.9 Å². The molecule has 2 heteroatoms. The molecule has 0 unspecified atom stereocenters. The Morgan fingerprint density at radius 3 is 2.75 bits per heavy atom. The van der Waals surface area contributed by atoms with Crippen molar-refractivity contribution < 1.29 is 4.74 Å². The van der Waals surface area contributed by atoms with Crippen molar-refractivity contribution in [3.63, 3.8) is 0 Å². The molecule has 0 bridgehead atoms. The molecule has 0 saturated heterocycles. The minimum Gasteiger partial charge on any atom is -0.496 e. The third-order valence-corrected chi connectivity index (χ3v) is 3.40. The molecule has 1 fully saturated rings. The van der Waals surface area contributed by atoms with Crippen molar-refractivity contribution in [3.8, 4) is 11.8 Å². The zero-order valence-corrected chi connectivity index (χ0v) is 9.70. The van der Waals surface area contributed by atoms with E-state index in [-0.39, 0.29) is 0 Å². The maximum Gasteiger partial charge on any atom is 0.123 e. The lowest BCUT2D eigenvalue weighted by Crippen LogP contribution is -1.97. The van der Waals surface area contributed by atoms with Gasteiger partial charge in [0.2, 0.25) is 0 Å². The number of hydrogen-bond donors (Lipinski definition) is 0. The van der Waals surface area contributed by atoms with Gasteiger partial charge in [0.05, 0.1) is 19.6 Å². The molecule has 0 amide bonds. The Bertz CT molecular complexity index is 400. The highest BCUT2D eigenvalue weighted by Crippen LogP contribution is 2.35. The molecular weight excluding hydrogens is 198 g/mol. The van der Waals surface area contributed by atoms with Crippen LogP contribution in [0.25, 0.3) is 0 Å². The molecule has 2 nitrogen and oxygen atoms in total. The SMILES string of the molecule is COc1ccc(C2CCCC2)cc1CC#N. The van der Waals surface area contributed by atoms with E-state index in [1.54, 1.807) is 7.11 Å². The van der Waals surface area contributed by atoms with Crippen LogP contribution in [-0.2, 0) is 6.42 Å². The summed E-state index contributed by atoms with van der Waals surface area (Å²) in [6, 6.07) is 8.50. The molecule has 1 aromatic carbocycles. The van der Waals surface area contributed by atoms with Crippen LogP contribution in [0.1, 0.15) is 42.7 Å². The third-order valence-electron chi connectivity index (χ3n) is 3.40. The van der Waals surface area contributed by atoms with E-state index in [1.807, 2.05) is 6.07 Å². The van der Waals surface area contributed by atoms with Crippen molar-refractivity contribution >= 4 is 0 Å². The lowest BCUT2D eigenvalue weighted by Gasteiger charge is -2.13. The summed E-state index contributed by atoms with van der Waals surface area (Å²) in [6.07, 6.45) is 5.69. The second-order valence-corrected chi connectivity index (χ2v) is 4.39. The summed E-state index contributed by atoms with van der Waals surface area (Å²) in [5.74, 6) is 1.53. The van der Waals surface area contributed by atoms with Gasteiger partial charge in [0.15, 0.2) is 0 Å². The van der Waals surface area contributed by atoms with E-state index in [0.29, 0.717) is 12.3 Å². The molecule has 0 N–H and O–H groups in total. The van der Waals surface area contributed by atoms with Crippen LogP contribution in [0, 0.1) is 11.3 Å². The first-order valence-electron chi connectivity index (χ1n) is 5.89. The highest BCUT2D eigenvalue weighted by atomic mass is 16.5. The first-order valence-corrected chi connectivity index (χ1v) is 5.89. The topological polar surface area (TPSA) is 33.0 Å².